The fraction of sp³-hybridized carbons (Fsp3) is 0.650. The van der Waals surface area contributed by atoms with Gasteiger partial charge in [0.2, 0.25) is 41.4 Å². The topological polar surface area (TPSA) is 284 Å². The Hall–Kier alpha value is -4.40. The van der Waals surface area contributed by atoms with Gasteiger partial charge < -0.3 is 52.7 Å². The van der Waals surface area contributed by atoms with Crippen LogP contribution in [-0.4, -0.2) is 140 Å². The van der Waals surface area contributed by atoms with E-state index in [0.29, 0.717) is 37.8 Å². The second kappa shape index (κ2) is 24.1. The first-order valence-corrected chi connectivity index (χ1v) is 21.8. The summed E-state index contributed by atoms with van der Waals surface area (Å²) in [6.07, 6.45) is 3.44. The number of rotatable bonds is 24. The highest BCUT2D eigenvalue weighted by Crippen LogP contribution is 2.28. The van der Waals surface area contributed by atoms with Gasteiger partial charge in [0, 0.05) is 37.4 Å². The van der Waals surface area contributed by atoms with Crippen molar-refractivity contribution in [3.63, 3.8) is 0 Å². The van der Waals surface area contributed by atoms with Gasteiger partial charge in [0.05, 0.1) is 6.10 Å². The van der Waals surface area contributed by atoms with Crippen LogP contribution < -0.4 is 32.7 Å². The van der Waals surface area contributed by atoms with Gasteiger partial charge in [0.1, 0.15) is 41.8 Å². The number of carbonyl (C=O) groups is 8. The number of benzene rings is 1. The van der Waals surface area contributed by atoms with Crippen LogP contribution in [0.2, 0.25) is 0 Å². The summed E-state index contributed by atoms with van der Waals surface area (Å²) in [6, 6.07) is 0.779. The van der Waals surface area contributed by atoms with Gasteiger partial charge in [-0.25, -0.2) is 4.79 Å². The number of nitrogens with one attached hydrogen (secondary N) is 4. The third-order valence-corrected chi connectivity index (χ3v) is 11.8. The highest BCUT2D eigenvalue weighted by Gasteiger charge is 2.46. The van der Waals surface area contributed by atoms with Gasteiger partial charge in [-0.1, -0.05) is 62.9 Å². The van der Waals surface area contributed by atoms with Gasteiger partial charge >= 0.3 is 5.97 Å². The molecular formula is C40H62N8O10S2. The Labute approximate surface area is 361 Å². The maximum atomic E-state index is 14.1. The van der Waals surface area contributed by atoms with Crippen molar-refractivity contribution in [2.45, 2.75) is 139 Å². The number of nitrogens with two attached hydrogens (primary N) is 2. The molecule has 7 amide bonds. The maximum absolute atomic E-state index is 14.1. The molecule has 0 radical (unpaired) electrons. The SMILES string of the molecule is CCCCCC[C@](N)(CS)C(=O)N1CCC[C@H]1C(=O)N1CCC[C@H]1C(=O)N[C@H](C(=O)N[C@@H](CCC(N)=O)C(=O)N[C@@H](Cc1ccccc1)C(=O)N[C@@H](CS)C(=O)O)[C@@H](C)O. The van der Waals surface area contributed by atoms with Crippen molar-refractivity contribution in [1.82, 2.24) is 31.1 Å². The van der Waals surface area contributed by atoms with E-state index < -0.39 is 89.3 Å². The van der Waals surface area contributed by atoms with Crippen LogP contribution in [0.15, 0.2) is 30.3 Å². The lowest BCUT2D eigenvalue weighted by Gasteiger charge is -2.36. The lowest BCUT2D eigenvalue weighted by Crippen LogP contribution is -2.62. The number of aliphatic carboxylic acids is 1. The molecule has 18 nitrogen and oxygen atoms in total. The van der Waals surface area contributed by atoms with Crippen LogP contribution in [0.25, 0.3) is 0 Å². The third-order valence-electron chi connectivity index (χ3n) is 10.9. The summed E-state index contributed by atoms with van der Waals surface area (Å²) >= 11 is 8.37. The van der Waals surface area contributed by atoms with Gasteiger partial charge in [-0.3, -0.25) is 33.6 Å². The highest BCUT2D eigenvalue weighted by atomic mass is 32.1. The second-order valence-corrected chi connectivity index (χ2v) is 16.3. The molecule has 10 N–H and O–H groups in total. The Bertz CT molecular complexity index is 1670. The monoisotopic (exact) mass is 878 g/mol. The van der Waals surface area contributed by atoms with E-state index in [1.54, 1.807) is 30.3 Å². The van der Waals surface area contributed by atoms with E-state index in [9.17, 15) is 48.6 Å². The molecule has 0 aliphatic carbocycles. The summed E-state index contributed by atoms with van der Waals surface area (Å²) in [4.78, 5) is 109. The standard InChI is InChI=1S/C40H62N8O10S2/c1-3-4-5-9-18-40(42,23-60)39(58)48-20-11-15-30(48)37(55)47-19-10-14-29(47)35(53)46-32(24(2)49)36(54)43-26(16-17-31(41)50)33(51)44-27(21-25-12-7-6-8-13-25)34(52)45-28(22-59)38(56)57/h6-8,12-13,24,26-30,32,49,59-60H,3-5,9-11,14-23,42H2,1-2H3,(H2,41,50)(H,43,54)(H,44,51)(H,45,52)(H,46,53)(H,56,57)/t24-,26+,27+,28+,29+,30+,32+,40+/m1/s1. The fourth-order valence-electron chi connectivity index (χ4n) is 7.43. The molecule has 0 unspecified atom stereocenters. The number of aliphatic hydroxyl groups excluding tert-OH is 1. The number of primary amides is 1. The number of unbranched alkanes of at least 4 members (excludes halogenated alkanes) is 3. The number of carboxylic acids is 1. The van der Waals surface area contributed by atoms with Crippen LogP contribution in [0, 0.1) is 0 Å². The van der Waals surface area contributed by atoms with E-state index in [2.05, 4.69) is 53.4 Å². The minimum Gasteiger partial charge on any atom is -0.480 e. The van der Waals surface area contributed by atoms with Crippen molar-refractivity contribution in [2.75, 3.05) is 24.6 Å². The average Bonchev–Trinajstić information content (AvgIpc) is 3.92. The molecule has 1 aromatic rings. The van der Waals surface area contributed by atoms with E-state index in [0.717, 1.165) is 25.7 Å². The summed E-state index contributed by atoms with van der Waals surface area (Å²) in [5.41, 5.74) is 11.3. The van der Waals surface area contributed by atoms with Gasteiger partial charge in [-0.2, -0.15) is 25.3 Å². The Morgan fingerprint density at radius 2 is 1.43 bits per heavy atom. The Balaban J connectivity index is 1.77. The average molecular weight is 879 g/mol. The minimum absolute atomic E-state index is 0.0785. The van der Waals surface area contributed by atoms with Gasteiger partial charge in [-0.05, 0) is 51.0 Å². The molecule has 0 aromatic heterocycles. The zero-order valence-electron chi connectivity index (χ0n) is 34.3. The van der Waals surface area contributed by atoms with Gasteiger partial charge in [0.25, 0.3) is 0 Å². The largest absolute Gasteiger partial charge is 0.480 e. The van der Waals surface area contributed by atoms with Crippen LogP contribution >= 0.6 is 25.3 Å². The number of amides is 7. The molecule has 0 saturated carbocycles. The first-order valence-electron chi connectivity index (χ1n) is 20.5. The summed E-state index contributed by atoms with van der Waals surface area (Å²) < 4.78 is 0. The van der Waals surface area contributed by atoms with Crippen molar-refractivity contribution in [3.05, 3.63) is 35.9 Å². The predicted octanol–water partition coefficient (Wildman–Crippen LogP) is -0.591. The maximum Gasteiger partial charge on any atom is 0.327 e. The van der Waals surface area contributed by atoms with Gasteiger partial charge in [0.15, 0.2) is 0 Å². The molecule has 2 saturated heterocycles. The lowest BCUT2D eigenvalue weighted by molar-refractivity contribution is -0.149. The smallest absolute Gasteiger partial charge is 0.327 e. The van der Waals surface area contributed by atoms with E-state index in [4.69, 9.17) is 11.5 Å². The van der Waals surface area contributed by atoms with Crippen molar-refractivity contribution in [1.29, 1.82) is 0 Å². The first-order chi connectivity index (χ1) is 28.5. The normalized spacial score (nSPS) is 19.8. The number of carbonyl (C=O) groups excluding carboxylic acids is 7. The highest BCUT2D eigenvalue weighted by molar-refractivity contribution is 7.80. The molecule has 60 heavy (non-hydrogen) atoms. The number of hydrogen-bond donors (Lipinski definition) is 10. The molecule has 1 aromatic carbocycles. The van der Waals surface area contributed by atoms with E-state index in [1.807, 2.05) is 0 Å². The molecule has 20 heteroatoms. The zero-order valence-corrected chi connectivity index (χ0v) is 36.1. The Kier molecular flexibility index (Phi) is 20.1. The fourth-order valence-corrected chi connectivity index (χ4v) is 7.97. The molecule has 334 valence electrons. The predicted molar refractivity (Wildman–Crippen MR) is 228 cm³/mol. The lowest BCUT2D eigenvalue weighted by atomic mass is 9.93. The molecule has 0 spiro atoms. The number of thiol groups is 2. The quantitative estimate of drug-likeness (QED) is 0.0463. The number of hydrogen-bond acceptors (Lipinski definition) is 12. The minimum atomic E-state index is -1.64. The number of carboxylic acid groups (broad SMARTS) is 1. The zero-order chi connectivity index (χ0) is 44.6. The molecule has 0 bridgehead atoms. The molecule has 2 aliphatic rings. The number of nitrogens with zero attached hydrogens (tertiary/aromatic N) is 2. The Morgan fingerprint density at radius 1 is 0.833 bits per heavy atom. The van der Waals surface area contributed by atoms with Gasteiger partial charge in [-0.15, -0.1) is 0 Å². The third kappa shape index (κ3) is 14.1. The Morgan fingerprint density at radius 3 is 2.02 bits per heavy atom. The summed E-state index contributed by atoms with van der Waals surface area (Å²) in [7, 11) is 0. The summed E-state index contributed by atoms with van der Waals surface area (Å²) in [6.45, 7) is 3.87. The summed E-state index contributed by atoms with van der Waals surface area (Å²) in [5.74, 6) is -6.62. The second-order valence-electron chi connectivity index (χ2n) is 15.6. The molecule has 8 atom stereocenters. The molecule has 3 rings (SSSR count). The van der Waals surface area contributed by atoms with Crippen molar-refractivity contribution in [2.24, 2.45) is 11.5 Å². The number of aliphatic hydroxyl groups is 1. The van der Waals surface area contributed by atoms with E-state index in [1.165, 1.54) is 16.7 Å². The first kappa shape index (κ1) is 50.0. The van der Waals surface area contributed by atoms with Crippen molar-refractivity contribution in [3.8, 4) is 0 Å². The van der Waals surface area contributed by atoms with Crippen LogP contribution in [0.1, 0.15) is 90.0 Å². The van der Waals surface area contributed by atoms with E-state index in [-0.39, 0.29) is 49.6 Å². The molecule has 2 aliphatic heterocycles. The van der Waals surface area contributed by atoms with E-state index >= 15 is 0 Å². The van der Waals surface area contributed by atoms with Crippen LogP contribution in [-0.2, 0) is 44.8 Å². The van der Waals surface area contributed by atoms with Crippen molar-refractivity contribution < 1.29 is 48.6 Å². The summed E-state index contributed by atoms with van der Waals surface area (Å²) in [5, 5.41) is 30.0. The van der Waals surface area contributed by atoms with Crippen molar-refractivity contribution >= 4 is 72.6 Å². The molecule has 2 fully saturated rings. The molecule has 2 heterocycles. The van der Waals surface area contributed by atoms with Crippen LogP contribution in [0.4, 0.5) is 0 Å². The number of likely N-dealkylation sites (tertiary alicyclic amines) is 2. The van der Waals surface area contributed by atoms with Crippen LogP contribution in [0.5, 0.6) is 0 Å². The van der Waals surface area contributed by atoms with Crippen LogP contribution in [0.3, 0.4) is 0 Å². The molecular weight excluding hydrogens is 817 g/mol.